The molecule has 0 aliphatic carbocycles. The van der Waals surface area contributed by atoms with Crippen molar-refractivity contribution in [2.75, 3.05) is 13.2 Å². The number of carbonyl (C=O) groups excluding carboxylic acids is 1. The number of hydrogen-bond donors (Lipinski definition) is 5. The number of aliphatic hydroxyl groups is 4. The van der Waals surface area contributed by atoms with Gasteiger partial charge in [-0.15, -0.1) is 6.58 Å². The van der Waals surface area contributed by atoms with E-state index < -0.39 is 49.5 Å². The van der Waals surface area contributed by atoms with Crippen LogP contribution in [0, 0.1) is 11.8 Å². The second-order valence-corrected chi connectivity index (χ2v) is 9.89. The van der Waals surface area contributed by atoms with Crippen LogP contribution in [-0.4, -0.2) is 86.4 Å². The van der Waals surface area contributed by atoms with Crippen molar-refractivity contribution >= 4 is 16.8 Å². The van der Waals surface area contributed by atoms with Crippen molar-refractivity contribution in [3.63, 3.8) is 0 Å². The number of nitrogens with zero attached hydrogens (tertiary/aromatic N) is 1. The summed E-state index contributed by atoms with van der Waals surface area (Å²) in [7, 11) is 0. The fourth-order valence-corrected chi connectivity index (χ4v) is 6.13. The molecule has 1 amide bonds. The van der Waals surface area contributed by atoms with E-state index in [4.69, 9.17) is 14.2 Å². The number of amides is 1. The van der Waals surface area contributed by atoms with Gasteiger partial charge in [-0.2, -0.15) is 0 Å². The van der Waals surface area contributed by atoms with E-state index >= 15 is 0 Å². The minimum Gasteiger partial charge on any atom is -0.471 e. The first kappa shape index (κ1) is 23.7. The molecule has 4 aliphatic rings. The van der Waals surface area contributed by atoms with E-state index in [0.29, 0.717) is 18.5 Å². The zero-order valence-corrected chi connectivity index (χ0v) is 19.6. The van der Waals surface area contributed by atoms with Gasteiger partial charge in [0.1, 0.15) is 24.4 Å². The van der Waals surface area contributed by atoms with Crippen LogP contribution < -0.4 is 0 Å². The predicted octanol–water partition coefficient (Wildman–Crippen LogP) is 0.473. The van der Waals surface area contributed by atoms with Crippen LogP contribution >= 0.6 is 0 Å². The average Bonchev–Trinajstić information content (AvgIpc) is 3.28. The first-order chi connectivity index (χ1) is 17.4. The quantitative estimate of drug-likeness (QED) is 0.383. The molecule has 0 saturated carbocycles. The van der Waals surface area contributed by atoms with Crippen molar-refractivity contribution in [3.8, 4) is 0 Å². The number of carbonyl (C=O) groups is 1. The Kier molecular flexibility index (Phi) is 5.90. The molecule has 5 N–H and O–H groups in total. The summed E-state index contributed by atoms with van der Waals surface area (Å²) in [4.78, 5) is 19.0. The standard InChI is InChI=1S/C26H30N2O8/c1-2-12-15-9-18-20-14(13-5-3-4-6-17(13)27-20)7-8-28(18)24(33)16(15)11-34-25(12)36-26-23(32)22(31)21(30)19(10-29)35-26/h2-6,11-12,15,18-19,21-23,25-27,29-32H,1,7-10H2/t12-,15+,18-,19-,21+,22-,23-,25+,26-/m1/s1. The fraction of sp³-hybridized carbons (Fsp3) is 0.500. The van der Waals surface area contributed by atoms with Crippen molar-refractivity contribution in [3.05, 3.63) is 60.0 Å². The number of aliphatic hydroxyl groups excluding tert-OH is 4. The maximum absolute atomic E-state index is 13.5. The molecule has 4 aliphatic heterocycles. The van der Waals surface area contributed by atoms with Gasteiger partial charge in [0.15, 0.2) is 6.29 Å². The SMILES string of the molecule is C=C[C@H]1[C@H](O[C@H]2O[C@H](CO)[C@H](O)[C@@H](O)[C@H]2O)OC=C2C(=O)N3CCc4c([nH]c5ccccc45)[C@H]3C[C@H]21. The molecule has 0 spiro atoms. The maximum Gasteiger partial charge on any atom is 0.253 e. The Balaban J connectivity index is 1.28. The number of para-hydroxylation sites is 1. The molecular weight excluding hydrogens is 468 g/mol. The Hall–Kier alpha value is -2.73. The van der Waals surface area contributed by atoms with Gasteiger partial charge in [0.2, 0.25) is 6.29 Å². The summed E-state index contributed by atoms with van der Waals surface area (Å²) in [6, 6.07) is 8.01. The molecule has 1 aromatic heterocycles. The number of H-pyrrole nitrogens is 1. The van der Waals surface area contributed by atoms with Gasteiger partial charge in [0.05, 0.1) is 24.5 Å². The number of aromatic amines is 1. The molecule has 10 heteroatoms. The molecule has 6 rings (SSSR count). The molecule has 0 bridgehead atoms. The molecule has 36 heavy (non-hydrogen) atoms. The normalized spacial score (nSPS) is 38.0. The third-order valence-corrected chi connectivity index (χ3v) is 8.04. The van der Waals surface area contributed by atoms with E-state index in [1.807, 2.05) is 23.1 Å². The molecule has 1 aromatic carbocycles. The predicted molar refractivity (Wildman–Crippen MR) is 126 cm³/mol. The number of hydrogen-bond acceptors (Lipinski definition) is 8. The summed E-state index contributed by atoms with van der Waals surface area (Å²) in [5.74, 6) is -0.783. The minimum absolute atomic E-state index is 0.0845. The van der Waals surface area contributed by atoms with Crippen LogP contribution in [0.3, 0.4) is 0 Å². The Morgan fingerprint density at radius 1 is 1.17 bits per heavy atom. The molecule has 2 saturated heterocycles. The van der Waals surface area contributed by atoms with Crippen molar-refractivity contribution in [1.82, 2.24) is 9.88 Å². The van der Waals surface area contributed by atoms with Crippen molar-refractivity contribution in [2.24, 2.45) is 11.8 Å². The lowest BCUT2D eigenvalue weighted by Gasteiger charge is -2.48. The van der Waals surface area contributed by atoms with E-state index in [0.717, 1.165) is 17.6 Å². The number of rotatable bonds is 4. The van der Waals surface area contributed by atoms with Gasteiger partial charge in [-0.25, -0.2) is 0 Å². The first-order valence-electron chi connectivity index (χ1n) is 12.3. The smallest absolute Gasteiger partial charge is 0.253 e. The molecule has 0 radical (unpaired) electrons. The minimum atomic E-state index is -1.56. The lowest BCUT2D eigenvalue weighted by molar-refractivity contribution is -0.339. The largest absolute Gasteiger partial charge is 0.471 e. The number of fused-ring (bicyclic) bond motifs is 6. The van der Waals surface area contributed by atoms with E-state index in [2.05, 4.69) is 17.6 Å². The van der Waals surface area contributed by atoms with Crippen LogP contribution in [0.25, 0.3) is 10.9 Å². The van der Waals surface area contributed by atoms with E-state index in [9.17, 15) is 25.2 Å². The first-order valence-corrected chi connectivity index (χ1v) is 12.3. The third-order valence-electron chi connectivity index (χ3n) is 8.04. The van der Waals surface area contributed by atoms with Crippen LogP contribution in [0.4, 0.5) is 0 Å². The fourth-order valence-electron chi connectivity index (χ4n) is 6.13. The van der Waals surface area contributed by atoms with Crippen LogP contribution in [-0.2, 0) is 25.4 Å². The number of aromatic nitrogens is 1. The van der Waals surface area contributed by atoms with Crippen molar-refractivity contribution in [1.29, 1.82) is 0 Å². The van der Waals surface area contributed by atoms with E-state index in [-0.39, 0.29) is 17.9 Å². The summed E-state index contributed by atoms with van der Waals surface area (Å²) in [6.45, 7) is 4.01. The summed E-state index contributed by atoms with van der Waals surface area (Å²) in [6.07, 6.45) is -3.53. The van der Waals surface area contributed by atoms with Crippen LogP contribution in [0.15, 0.2) is 48.8 Å². The average molecular weight is 499 g/mol. The summed E-state index contributed by atoms with van der Waals surface area (Å²) >= 11 is 0. The van der Waals surface area contributed by atoms with Gasteiger partial charge in [-0.05, 0) is 24.5 Å². The van der Waals surface area contributed by atoms with Gasteiger partial charge >= 0.3 is 0 Å². The Morgan fingerprint density at radius 3 is 2.75 bits per heavy atom. The highest BCUT2D eigenvalue weighted by Crippen LogP contribution is 2.48. The monoisotopic (exact) mass is 498 g/mol. The van der Waals surface area contributed by atoms with Gasteiger partial charge in [0.25, 0.3) is 5.91 Å². The van der Waals surface area contributed by atoms with Gasteiger partial charge < -0.3 is 44.5 Å². The second kappa shape index (κ2) is 8.98. The topological polar surface area (TPSA) is 145 Å². The van der Waals surface area contributed by atoms with Crippen LogP contribution in [0.2, 0.25) is 0 Å². The molecule has 192 valence electrons. The molecule has 0 unspecified atom stereocenters. The van der Waals surface area contributed by atoms with Crippen molar-refractivity contribution < 1.29 is 39.4 Å². The lowest BCUT2D eigenvalue weighted by Crippen LogP contribution is -2.60. The molecule has 10 nitrogen and oxygen atoms in total. The highest BCUT2D eigenvalue weighted by Gasteiger charge is 2.51. The van der Waals surface area contributed by atoms with Gasteiger partial charge in [-0.1, -0.05) is 24.3 Å². The van der Waals surface area contributed by atoms with Gasteiger partial charge in [0, 0.05) is 35.0 Å². The zero-order chi connectivity index (χ0) is 25.1. The maximum atomic E-state index is 13.5. The Labute approximate surface area is 207 Å². The highest BCUT2D eigenvalue weighted by atomic mass is 16.8. The third kappa shape index (κ3) is 3.52. The van der Waals surface area contributed by atoms with E-state index in [1.165, 1.54) is 17.2 Å². The Morgan fingerprint density at radius 2 is 1.97 bits per heavy atom. The van der Waals surface area contributed by atoms with E-state index in [1.54, 1.807) is 6.08 Å². The Bertz CT molecular complexity index is 1210. The number of ether oxygens (including phenoxy) is 3. The molecule has 2 fully saturated rings. The number of nitrogens with one attached hydrogen (secondary N) is 1. The van der Waals surface area contributed by atoms with Crippen LogP contribution in [0.5, 0.6) is 0 Å². The lowest BCUT2D eigenvalue weighted by atomic mass is 9.74. The number of benzene rings is 1. The number of piperidine rings is 1. The van der Waals surface area contributed by atoms with Crippen molar-refractivity contribution in [2.45, 2.75) is 55.9 Å². The molecule has 5 heterocycles. The molecule has 9 atom stereocenters. The highest BCUT2D eigenvalue weighted by molar-refractivity contribution is 5.96. The van der Waals surface area contributed by atoms with Gasteiger partial charge in [-0.3, -0.25) is 4.79 Å². The summed E-state index contributed by atoms with van der Waals surface area (Å²) in [5, 5.41) is 41.3. The zero-order valence-electron chi connectivity index (χ0n) is 19.6. The molecular formula is C26H30N2O8. The second-order valence-electron chi connectivity index (χ2n) is 9.89. The summed E-state index contributed by atoms with van der Waals surface area (Å²) < 4.78 is 17.2. The van der Waals surface area contributed by atoms with Crippen LogP contribution in [0.1, 0.15) is 23.7 Å². The summed E-state index contributed by atoms with van der Waals surface area (Å²) in [5.41, 5.74) is 3.89. The molecule has 2 aromatic rings.